The Morgan fingerprint density at radius 3 is 2.32 bits per heavy atom. The summed E-state index contributed by atoms with van der Waals surface area (Å²) in [6.45, 7) is 7.16. The maximum Gasteiger partial charge on any atom is 0.252 e. The van der Waals surface area contributed by atoms with E-state index in [1.165, 1.54) is 0 Å². The summed E-state index contributed by atoms with van der Waals surface area (Å²) in [4.78, 5) is 25.7. The topological polar surface area (TPSA) is 76.7 Å². The largest absolute Gasteiger partial charge is 0.490 e. The van der Waals surface area contributed by atoms with Crippen LogP contribution in [-0.2, 0) is 0 Å². The fraction of sp³-hybridized carbons (Fsp3) is 0.364. The van der Waals surface area contributed by atoms with E-state index in [1.54, 1.807) is 42.5 Å². The fourth-order valence-electron chi connectivity index (χ4n) is 3.05. The molecule has 0 unspecified atom stereocenters. The number of ether oxygens (including phenoxy) is 2. The second kappa shape index (κ2) is 9.37. The molecule has 6 heteroatoms. The van der Waals surface area contributed by atoms with Gasteiger partial charge in [-0.1, -0.05) is 18.2 Å². The monoisotopic (exact) mass is 382 g/mol. The molecule has 6 nitrogen and oxygen atoms in total. The van der Waals surface area contributed by atoms with Gasteiger partial charge in [0.05, 0.1) is 18.8 Å². The van der Waals surface area contributed by atoms with Crippen molar-refractivity contribution in [1.82, 2.24) is 10.6 Å². The minimum atomic E-state index is -0.230. The highest BCUT2D eigenvalue weighted by molar-refractivity contribution is 6.15. The lowest BCUT2D eigenvalue weighted by atomic mass is 9.97. The third-order valence-corrected chi connectivity index (χ3v) is 4.64. The van der Waals surface area contributed by atoms with Crippen LogP contribution in [0.15, 0.2) is 42.5 Å². The van der Waals surface area contributed by atoms with Crippen LogP contribution in [0.25, 0.3) is 0 Å². The van der Waals surface area contributed by atoms with Gasteiger partial charge in [-0.05, 0) is 38.1 Å². The van der Waals surface area contributed by atoms with E-state index in [2.05, 4.69) is 10.6 Å². The molecular weight excluding hydrogens is 356 g/mol. The molecule has 1 amide bonds. The van der Waals surface area contributed by atoms with E-state index in [4.69, 9.17) is 9.47 Å². The summed E-state index contributed by atoms with van der Waals surface area (Å²) in [7, 11) is 0. The molecule has 2 aromatic rings. The number of hydrogen-bond donors (Lipinski definition) is 2. The first-order valence-electron chi connectivity index (χ1n) is 9.66. The summed E-state index contributed by atoms with van der Waals surface area (Å²) >= 11 is 0. The number of ketones is 1. The van der Waals surface area contributed by atoms with Crippen molar-refractivity contribution in [2.24, 2.45) is 5.92 Å². The van der Waals surface area contributed by atoms with Crippen molar-refractivity contribution in [3.05, 3.63) is 59.2 Å². The van der Waals surface area contributed by atoms with Gasteiger partial charge in [-0.3, -0.25) is 9.59 Å². The first-order valence-corrected chi connectivity index (χ1v) is 9.66. The summed E-state index contributed by atoms with van der Waals surface area (Å²) in [6.07, 6.45) is 0. The van der Waals surface area contributed by atoms with Crippen LogP contribution < -0.4 is 20.1 Å². The van der Waals surface area contributed by atoms with Gasteiger partial charge >= 0.3 is 0 Å². The summed E-state index contributed by atoms with van der Waals surface area (Å²) in [6, 6.07) is 12.0. The van der Waals surface area contributed by atoms with E-state index in [1.807, 2.05) is 13.8 Å². The molecule has 1 aliphatic rings. The Morgan fingerprint density at radius 1 is 1.00 bits per heavy atom. The summed E-state index contributed by atoms with van der Waals surface area (Å²) in [5.41, 5.74) is 1.21. The van der Waals surface area contributed by atoms with Gasteiger partial charge in [0, 0.05) is 36.7 Å². The molecule has 0 saturated carbocycles. The maximum atomic E-state index is 13.1. The van der Waals surface area contributed by atoms with Crippen molar-refractivity contribution < 1.29 is 19.1 Å². The van der Waals surface area contributed by atoms with Gasteiger partial charge in [-0.15, -0.1) is 0 Å². The Labute approximate surface area is 165 Å². The maximum absolute atomic E-state index is 13.1. The third kappa shape index (κ3) is 4.51. The SMILES string of the molecule is CCOc1ccc(C(=O)c2ccccc2C(=O)NCC2CNC2)cc1OCC. The lowest BCUT2D eigenvalue weighted by molar-refractivity contribution is 0.0932. The average molecular weight is 382 g/mol. The van der Waals surface area contributed by atoms with Gasteiger partial charge < -0.3 is 20.1 Å². The highest BCUT2D eigenvalue weighted by Crippen LogP contribution is 2.30. The van der Waals surface area contributed by atoms with E-state index < -0.39 is 0 Å². The molecule has 0 spiro atoms. The Balaban J connectivity index is 1.83. The van der Waals surface area contributed by atoms with Crippen molar-refractivity contribution in [3.63, 3.8) is 0 Å². The highest BCUT2D eigenvalue weighted by atomic mass is 16.5. The van der Waals surface area contributed by atoms with E-state index in [9.17, 15) is 9.59 Å². The summed E-state index contributed by atoms with van der Waals surface area (Å²) in [5, 5.41) is 6.11. The smallest absolute Gasteiger partial charge is 0.252 e. The van der Waals surface area contributed by atoms with Crippen LogP contribution >= 0.6 is 0 Å². The first-order chi connectivity index (χ1) is 13.6. The molecular formula is C22H26N2O4. The average Bonchev–Trinajstić information content (AvgIpc) is 2.68. The van der Waals surface area contributed by atoms with E-state index >= 15 is 0 Å². The molecule has 1 aliphatic heterocycles. The molecule has 0 radical (unpaired) electrons. The second-order valence-corrected chi connectivity index (χ2v) is 6.64. The molecule has 0 aromatic heterocycles. The van der Waals surface area contributed by atoms with Crippen LogP contribution in [0.3, 0.4) is 0 Å². The lowest BCUT2D eigenvalue weighted by Gasteiger charge is -2.27. The highest BCUT2D eigenvalue weighted by Gasteiger charge is 2.22. The van der Waals surface area contributed by atoms with Gasteiger partial charge in [-0.25, -0.2) is 0 Å². The molecule has 3 rings (SSSR count). The van der Waals surface area contributed by atoms with Crippen LogP contribution in [0.5, 0.6) is 11.5 Å². The predicted molar refractivity (Wildman–Crippen MR) is 107 cm³/mol. The van der Waals surface area contributed by atoms with Crippen LogP contribution in [0, 0.1) is 5.92 Å². The van der Waals surface area contributed by atoms with Crippen molar-refractivity contribution in [3.8, 4) is 11.5 Å². The van der Waals surface area contributed by atoms with Crippen molar-refractivity contribution in [2.75, 3.05) is 32.8 Å². The Morgan fingerprint density at radius 2 is 1.68 bits per heavy atom. The van der Waals surface area contributed by atoms with Crippen LogP contribution in [0.2, 0.25) is 0 Å². The van der Waals surface area contributed by atoms with Crippen molar-refractivity contribution in [1.29, 1.82) is 0 Å². The zero-order chi connectivity index (χ0) is 19.9. The standard InChI is InChI=1S/C22H26N2O4/c1-3-27-19-10-9-16(11-20(19)28-4-2)21(25)17-7-5-6-8-18(17)22(26)24-14-15-12-23-13-15/h5-11,15,23H,3-4,12-14H2,1-2H3,(H,24,26). The molecule has 2 N–H and O–H groups in total. The predicted octanol–water partition coefficient (Wildman–Crippen LogP) is 2.66. The Kier molecular flexibility index (Phi) is 6.66. The van der Waals surface area contributed by atoms with E-state index in [0.717, 1.165) is 13.1 Å². The minimum Gasteiger partial charge on any atom is -0.490 e. The first kappa shape index (κ1) is 19.9. The molecule has 2 aromatic carbocycles. The van der Waals surface area contributed by atoms with Crippen molar-refractivity contribution in [2.45, 2.75) is 13.8 Å². The number of carbonyl (C=O) groups excluding carboxylic acids is 2. The number of hydrogen-bond acceptors (Lipinski definition) is 5. The summed E-state index contributed by atoms with van der Waals surface area (Å²) < 4.78 is 11.2. The fourth-order valence-corrected chi connectivity index (χ4v) is 3.05. The van der Waals surface area contributed by atoms with Gasteiger partial charge in [0.25, 0.3) is 5.91 Å². The Hall–Kier alpha value is -2.86. The molecule has 0 bridgehead atoms. The number of rotatable bonds is 9. The second-order valence-electron chi connectivity index (χ2n) is 6.64. The van der Waals surface area contributed by atoms with Gasteiger partial charge in [0.2, 0.25) is 0 Å². The minimum absolute atomic E-state index is 0.222. The molecule has 148 valence electrons. The summed E-state index contributed by atoms with van der Waals surface area (Å²) in [5.74, 6) is 1.12. The van der Waals surface area contributed by atoms with Gasteiger partial charge in [0.1, 0.15) is 0 Å². The van der Waals surface area contributed by atoms with Gasteiger partial charge in [0.15, 0.2) is 17.3 Å². The van der Waals surface area contributed by atoms with Crippen LogP contribution in [-0.4, -0.2) is 44.5 Å². The quantitative estimate of drug-likeness (QED) is 0.652. The van der Waals surface area contributed by atoms with Gasteiger partial charge in [-0.2, -0.15) is 0 Å². The third-order valence-electron chi connectivity index (χ3n) is 4.64. The van der Waals surface area contributed by atoms with Crippen LogP contribution in [0.1, 0.15) is 40.1 Å². The zero-order valence-electron chi connectivity index (χ0n) is 16.3. The van der Waals surface area contributed by atoms with Crippen molar-refractivity contribution >= 4 is 11.7 Å². The zero-order valence-corrected chi connectivity index (χ0v) is 16.3. The molecule has 0 aliphatic carbocycles. The molecule has 1 saturated heterocycles. The molecule has 1 fully saturated rings. The number of carbonyl (C=O) groups is 2. The normalized spacial score (nSPS) is 13.5. The Bertz CT molecular complexity index is 846. The number of nitrogens with one attached hydrogen (secondary N) is 2. The van der Waals surface area contributed by atoms with Crippen LogP contribution in [0.4, 0.5) is 0 Å². The molecule has 28 heavy (non-hydrogen) atoms. The number of benzene rings is 2. The molecule has 1 heterocycles. The number of amides is 1. The lowest BCUT2D eigenvalue weighted by Crippen LogP contribution is -2.48. The van der Waals surface area contributed by atoms with E-state index in [0.29, 0.717) is 53.9 Å². The molecule has 0 atom stereocenters. The van der Waals surface area contributed by atoms with E-state index in [-0.39, 0.29) is 11.7 Å².